The Labute approximate surface area is 118 Å². The first kappa shape index (κ1) is 16.3. The Morgan fingerprint density at radius 1 is 0.900 bits per heavy atom. The fraction of sp³-hybridized carbons (Fsp3) is 0.500. The van der Waals surface area contributed by atoms with Crippen LogP contribution in [-0.4, -0.2) is 16.9 Å². The standard InChI is InChI=1S/C16H21FO3/c17-14-10-8-7-9-13(14)15(18)11-5-3-1-2-4-6-12-16(19)20/h7-10H,1-6,11-12H2,(H,19,20). The molecule has 0 saturated heterocycles. The fourth-order valence-electron chi connectivity index (χ4n) is 2.09. The number of Topliss-reactive ketones (excluding diaryl/α,β-unsaturated/α-hetero) is 1. The van der Waals surface area contributed by atoms with E-state index in [4.69, 9.17) is 5.11 Å². The molecule has 1 aromatic rings. The second kappa shape index (κ2) is 9.23. The molecule has 0 amide bonds. The highest BCUT2D eigenvalue weighted by Gasteiger charge is 2.09. The molecule has 3 nitrogen and oxygen atoms in total. The van der Waals surface area contributed by atoms with Crippen molar-refractivity contribution < 1.29 is 19.1 Å². The Morgan fingerprint density at radius 3 is 2.05 bits per heavy atom. The lowest BCUT2D eigenvalue weighted by Gasteiger charge is -2.03. The fourth-order valence-corrected chi connectivity index (χ4v) is 2.09. The van der Waals surface area contributed by atoms with Gasteiger partial charge in [0.25, 0.3) is 0 Å². The van der Waals surface area contributed by atoms with Gasteiger partial charge in [-0.2, -0.15) is 0 Å². The van der Waals surface area contributed by atoms with Crippen LogP contribution in [0.25, 0.3) is 0 Å². The first-order valence-corrected chi connectivity index (χ1v) is 7.11. The summed E-state index contributed by atoms with van der Waals surface area (Å²) in [6.07, 6.45) is 5.88. The third-order valence-electron chi connectivity index (χ3n) is 3.22. The summed E-state index contributed by atoms with van der Waals surface area (Å²) >= 11 is 0. The Hall–Kier alpha value is -1.71. The second-order valence-corrected chi connectivity index (χ2v) is 4.92. The third-order valence-corrected chi connectivity index (χ3v) is 3.22. The average molecular weight is 280 g/mol. The van der Waals surface area contributed by atoms with Crippen molar-refractivity contribution in [2.45, 2.75) is 51.4 Å². The molecule has 1 aromatic carbocycles. The monoisotopic (exact) mass is 280 g/mol. The van der Waals surface area contributed by atoms with E-state index in [-0.39, 0.29) is 17.8 Å². The van der Waals surface area contributed by atoms with E-state index >= 15 is 0 Å². The number of hydrogen-bond acceptors (Lipinski definition) is 2. The van der Waals surface area contributed by atoms with Crippen LogP contribution in [0.4, 0.5) is 4.39 Å². The number of carboxylic acid groups (broad SMARTS) is 1. The van der Waals surface area contributed by atoms with Crippen molar-refractivity contribution in [1.29, 1.82) is 0 Å². The minimum Gasteiger partial charge on any atom is -0.481 e. The SMILES string of the molecule is O=C(O)CCCCCCCCC(=O)c1ccccc1F. The van der Waals surface area contributed by atoms with Crippen molar-refractivity contribution in [3.05, 3.63) is 35.6 Å². The minimum atomic E-state index is -0.750. The molecule has 0 aromatic heterocycles. The van der Waals surface area contributed by atoms with Crippen LogP contribution in [0.2, 0.25) is 0 Å². The lowest BCUT2D eigenvalue weighted by molar-refractivity contribution is -0.137. The van der Waals surface area contributed by atoms with Crippen LogP contribution in [0.15, 0.2) is 24.3 Å². The molecule has 0 heterocycles. The van der Waals surface area contributed by atoms with E-state index in [2.05, 4.69) is 0 Å². The molecular formula is C16H21FO3. The average Bonchev–Trinajstić information content (AvgIpc) is 2.41. The molecule has 20 heavy (non-hydrogen) atoms. The number of unbranched alkanes of at least 4 members (excludes halogenated alkanes) is 5. The maximum atomic E-state index is 13.4. The van der Waals surface area contributed by atoms with Crippen LogP contribution in [0, 0.1) is 5.82 Å². The largest absolute Gasteiger partial charge is 0.481 e. The van der Waals surface area contributed by atoms with Gasteiger partial charge in [0.2, 0.25) is 0 Å². The smallest absolute Gasteiger partial charge is 0.303 e. The first-order valence-electron chi connectivity index (χ1n) is 7.11. The summed E-state index contributed by atoms with van der Waals surface area (Å²) in [7, 11) is 0. The van der Waals surface area contributed by atoms with Crippen molar-refractivity contribution in [2.75, 3.05) is 0 Å². The number of carboxylic acids is 1. The lowest BCUT2D eigenvalue weighted by Crippen LogP contribution is -2.01. The van der Waals surface area contributed by atoms with Gasteiger partial charge in [-0.05, 0) is 25.0 Å². The lowest BCUT2D eigenvalue weighted by atomic mass is 10.0. The molecule has 0 spiro atoms. The molecule has 1 N–H and O–H groups in total. The number of ketones is 1. The quantitative estimate of drug-likeness (QED) is 0.516. The molecule has 0 radical (unpaired) electrons. The summed E-state index contributed by atoms with van der Waals surface area (Å²) < 4.78 is 13.4. The van der Waals surface area contributed by atoms with Crippen molar-refractivity contribution in [2.24, 2.45) is 0 Å². The van der Waals surface area contributed by atoms with Crippen molar-refractivity contribution in [3.63, 3.8) is 0 Å². The number of carbonyl (C=O) groups excluding carboxylic acids is 1. The molecule has 4 heteroatoms. The molecule has 0 bridgehead atoms. The van der Waals surface area contributed by atoms with Crippen LogP contribution in [-0.2, 0) is 4.79 Å². The van der Waals surface area contributed by atoms with E-state index < -0.39 is 11.8 Å². The zero-order valence-electron chi connectivity index (χ0n) is 11.6. The van der Waals surface area contributed by atoms with Crippen LogP contribution in [0.3, 0.4) is 0 Å². The van der Waals surface area contributed by atoms with Crippen LogP contribution < -0.4 is 0 Å². The zero-order valence-corrected chi connectivity index (χ0v) is 11.6. The molecule has 0 fully saturated rings. The van der Waals surface area contributed by atoms with Crippen LogP contribution in [0.1, 0.15) is 61.7 Å². The van der Waals surface area contributed by atoms with E-state index in [1.165, 1.54) is 12.1 Å². The van der Waals surface area contributed by atoms with Gasteiger partial charge in [-0.15, -0.1) is 0 Å². The summed E-state index contributed by atoms with van der Waals surface area (Å²) in [4.78, 5) is 22.1. The first-order chi connectivity index (χ1) is 9.61. The van der Waals surface area contributed by atoms with Gasteiger partial charge in [0, 0.05) is 12.8 Å². The Kier molecular flexibility index (Phi) is 7.55. The molecule has 1 rings (SSSR count). The van der Waals surface area contributed by atoms with E-state index in [0.29, 0.717) is 12.8 Å². The van der Waals surface area contributed by atoms with Gasteiger partial charge in [-0.3, -0.25) is 9.59 Å². The zero-order chi connectivity index (χ0) is 14.8. The van der Waals surface area contributed by atoms with E-state index in [1.807, 2.05) is 0 Å². The van der Waals surface area contributed by atoms with Gasteiger partial charge in [-0.1, -0.05) is 37.8 Å². The Balaban J connectivity index is 2.08. The number of aliphatic carboxylic acids is 1. The Bertz CT molecular complexity index is 443. The predicted molar refractivity (Wildman–Crippen MR) is 75.3 cm³/mol. The molecule has 0 aliphatic rings. The van der Waals surface area contributed by atoms with Gasteiger partial charge in [0.1, 0.15) is 5.82 Å². The Morgan fingerprint density at radius 2 is 1.45 bits per heavy atom. The summed E-state index contributed by atoms with van der Waals surface area (Å²) in [6, 6.07) is 6.06. The van der Waals surface area contributed by atoms with Gasteiger partial charge in [-0.25, -0.2) is 4.39 Å². The van der Waals surface area contributed by atoms with Crippen LogP contribution in [0.5, 0.6) is 0 Å². The van der Waals surface area contributed by atoms with Crippen LogP contribution >= 0.6 is 0 Å². The normalized spacial score (nSPS) is 10.4. The predicted octanol–water partition coefficient (Wildman–Crippen LogP) is 4.21. The van der Waals surface area contributed by atoms with E-state index in [1.54, 1.807) is 12.1 Å². The molecule has 0 aliphatic carbocycles. The molecule has 0 atom stereocenters. The third kappa shape index (κ3) is 6.45. The number of hydrogen-bond donors (Lipinski definition) is 1. The van der Waals surface area contributed by atoms with Gasteiger partial charge in [0.05, 0.1) is 5.56 Å². The van der Waals surface area contributed by atoms with Crippen molar-refractivity contribution in [3.8, 4) is 0 Å². The highest BCUT2D eigenvalue weighted by molar-refractivity contribution is 5.96. The van der Waals surface area contributed by atoms with Gasteiger partial charge < -0.3 is 5.11 Å². The van der Waals surface area contributed by atoms with E-state index in [0.717, 1.165) is 32.1 Å². The second-order valence-electron chi connectivity index (χ2n) is 4.92. The minimum absolute atomic E-state index is 0.144. The molecule has 0 unspecified atom stereocenters. The highest BCUT2D eigenvalue weighted by Crippen LogP contribution is 2.13. The van der Waals surface area contributed by atoms with Gasteiger partial charge >= 0.3 is 5.97 Å². The maximum absolute atomic E-state index is 13.4. The molecule has 0 aliphatic heterocycles. The summed E-state index contributed by atoms with van der Waals surface area (Å²) in [5.41, 5.74) is 0.175. The number of carbonyl (C=O) groups is 2. The maximum Gasteiger partial charge on any atom is 0.303 e. The van der Waals surface area contributed by atoms with Crippen molar-refractivity contribution >= 4 is 11.8 Å². The topological polar surface area (TPSA) is 54.4 Å². The van der Waals surface area contributed by atoms with Gasteiger partial charge in [0.15, 0.2) is 5.78 Å². The van der Waals surface area contributed by atoms with E-state index in [9.17, 15) is 14.0 Å². The molecule has 110 valence electrons. The molecular weight excluding hydrogens is 259 g/mol. The summed E-state index contributed by atoms with van der Waals surface area (Å²) in [5, 5.41) is 8.48. The number of rotatable bonds is 10. The number of halogens is 1. The van der Waals surface area contributed by atoms with Crippen molar-refractivity contribution in [1.82, 2.24) is 0 Å². The summed E-state index contributed by atoms with van der Waals surface area (Å²) in [5.74, 6) is -1.35. The molecule has 0 saturated carbocycles. The summed E-state index contributed by atoms with van der Waals surface area (Å²) in [6.45, 7) is 0. The highest BCUT2D eigenvalue weighted by atomic mass is 19.1. The number of benzene rings is 1.